The zero-order valence-corrected chi connectivity index (χ0v) is 16.4. The topological polar surface area (TPSA) is 90.7 Å². The molecule has 2 aromatic rings. The molecule has 1 aliphatic rings. The Morgan fingerprint density at radius 3 is 2.50 bits per heavy atom. The van der Waals surface area contributed by atoms with E-state index in [1.807, 2.05) is 31.2 Å². The van der Waals surface area contributed by atoms with E-state index >= 15 is 0 Å². The lowest BCUT2D eigenvalue weighted by Gasteiger charge is -2.34. The Balaban J connectivity index is 1.59. The van der Waals surface area contributed by atoms with Crippen molar-refractivity contribution in [1.29, 1.82) is 5.26 Å². The van der Waals surface area contributed by atoms with Crippen molar-refractivity contribution in [2.75, 3.05) is 32.8 Å². The Bertz CT molecular complexity index is 1010. The molecule has 1 amide bonds. The molecule has 1 heterocycles. The first kappa shape index (κ1) is 19.9. The average molecular weight is 399 g/mol. The van der Waals surface area contributed by atoms with Crippen LogP contribution in [0.2, 0.25) is 0 Å². The maximum absolute atomic E-state index is 12.8. The van der Waals surface area contributed by atoms with Gasteiger partial charge in [-0.15, -0.1) is 0 Å². The molecule has 2 aromatic carbocycles. The van der Waals surface area contributed by atoms with Crippen molar-refractivity contribution in [3.8, 4) is 11.8 Å². The largest absolute Gasteiger partial charge is 0.484 e. The SMILES string of the molecule is Cc1cccc(OCC(=O)N2CCN(S(=O)(=O)c3ccccc3C#N)CC2)c1. The molecule has 1 aliphatic heterocycles. The van der Waals surface area contributed by atoms with E-state index in [4.69, 9.17) is 10.00 Å². The number of sulfonamides is 1. The summed E-state index contributed by atoms with van der Waals surface area (Å²) in [6.07, 6.45) is 0. The van der Waals surface area contributed by atoms with Crippen LogP contribution in [0, 0.1) is 18.3 Å². The highest BCUT2D eigenvalue weighted by molar-refractivity contribution is 7.89. The number of aryl methyl sites for hydroxylation is 1. The number of piperazine rings is 1. The third-order valence-corrected chi connectivity index (χ3v) is 6.53. The fourth-order valence-electron chi connectivity index (χ4n) is 3.04. The Hall–Kier alpha value is -2.89. The summed E-state index contributed by atoms with van der Waals surface area (Å²) in [5.41, 5.74) is 1.16. The van der Waals surface area contributed by atoms with Crippen molar-refractivity contribution in [2.45, 2.75) is 11.8 Å². The second kappa shape index (κ2) is 8.42. The maximum Gasteiger partial charge on any atom is 0.260 e. The van der Waals surface area contributed by atoms with Crippen LogP contribution in [0.15, 0.2) is 53.4 Å². The van der Waals surface area contributed by atoms with E-state index in [0.29, 0.717) is 5.75 Å². The lowest BCUT2D eigenvalue weighted by Crippen LogP contribution is -2.51. The molecular formula is C20H21N3O4S. The van der Waals surface area contributed by atoms with E-state index in [1.165, 1.54) is 16.4 Å². The quantitative estimate of drug-likeness (QED) is 0.764. The molecule has 8 heteroatoms. The molecule has 0 spiro atoms. The molecule has 0 aliphatic carbocycles. The number of amides is 1. The van der Waals surface area contributed by atoms with E-state index in [1.54, 1.807) is 23.1 Å². The van der Waals surface area contributed by atoms with Gasteiger partial charge in [-0.2, -0.15) is 9.57 Å². The Kier molecular flexibility index (Phi) is 5.97. The van der Waals surface area contributed by atoms with Gasteiger partial charge in [-0.05, 0) is 36.8 Å². The van der Waals surface area contributed by atoms with Crippen LogP contribution in [0.25, 0.3) is 0 Å². The standard InChI is InChI=1S/C20H21N3O4S/c1-16-5-4-7-18(13-16)27-15-20(24)22-9-11-23(12-10-22)28(25,26)19-8-3-2-6-17(19)14-21/h2-8,13H,9-12,15H2,1H3. The Morgan fingerprint density at radius 1 is 1.11 bits per heavy atom. The van der Waals surface area contributed by atoms with Gasteiger partial charge < -0.3 is 9.64 Å². The molecule has 28 heavy (non-hydrogen) atoms. The normalized spacial score (nSPS) is 15.1. The van der Waals surface area contributed by atoms with Crippen molar-refractivity contribution < 1.29 is 17.9 Å². The van der Waals surface area contributed by atoms with Gasteiger partial charge in [0.15, 0.2) is 6.61 Å². The third-order valence-electron chi connectivity index (χ3n) is 4.57. The highest BCUT2D eigenvalue weighted by Crippen LogP contribution is 2.21. The van der Waals surface area contributed by atoms with Crippen LogP contribution >= 0.6 is 0 Å². The number of carbonyl (C=O) groups is 1. The van der Waals surface area contributed by atoms with E-state index < -0.39 is 10.0 Å². The lowest BCUT2D eigenvalue weighted by atomic mass is 10.2. The molecule has 7 nitrogen and oxygen atoms in total. The fourth-order valence-corrected chi connectivity index (χ4v) is 4.61. The summed E-state index contributed by atoms with van der Waals surface area (Å²) in [6, 6.07) is 15.5. The van der Waals surface area contributed by atoms with Crippen LogP contribution in [-0.2, 0) is 14.8 Å². The number of rotatable bonds is 5. The van der Waals surface area contributed by atoms with Gasteiger partial charge in [0.2, 0.25) is 10.0 Å². The number of hydrogen-bond acceptors (Lipinski definition) is 5. The molecule has 0 aromatic heterocycles. The highest BCUT2D eigenvalue weighted by Gasteiger charge is 2.31. The molecule has 0 unspecified atom stereocenters. The smallest absolute Gasteiger partial charge is 0.260 e. The number of carbonyl (C=O) groups excluding carboxylic acids is 1. The summed E-state index contributed by atoms with van der Waals surface area (Å²) >= 11 is 0. The van der Waals surface area contributed by atoms with Crippen molar-refractivity contribution in [2.24, 2.45) is 0 Å². The maximum atomic E-state index is 12.8. The van der Waals surface area contributed by atoms with Gasteiger partial charge >= 0.3 is 0 Å². The lowest BCUT2D eigenvalue weighted by molar-refractivity contribution is -0.134. The van der Waals surface area contributed by atoms with Gasteiger partial charge in [0.05, 0.1) is 10.5 Å². The van der Waals surface area contributed by atoms with E-state index in [2.05, 4.69) is 0 Å². The van der Waals surface area contributed by atoms with Crippen LogP contribution in [0.5, 0.6) is 5.75 Å². The summed E-state index contributed by atoms with van der Waals surface area (Å²) in [7, 11) is -3.77. The average Bonchev–Trinajstić information content (AvgIpc) is 2.72. The number of benzene rings is 2. The number of nitrogens with zero attached hydrogens (tertiary/aromatic N) is 3. The van der Waals surface area contributed by atoms with Gasteiger partial charge in [-0.3, -0.25) is 4.79 Å². The summed E-state index contributed by atoms with van der Waals surface area (Å²) in [5.74, 6) is 0.443. The predicted molar refractivity (Wildman–Crippen MR) is 103 cm³/mol. The minimum absolute atomic E-state index is 0.0000530. The van der Waals surface area contributed by atoms with Crippen molar-refractivity contribution >= 4 is 15.9 Å². The molecule has 0 radical (unpaired) electrons. The van der Waals surface area contributed by atoms with Gasteiger partial charge in [0, 0.05) is 26.2 Å². The third kappa shape index (κ3) is 4.32. The summed E-state index contributed by atoms with van der Waals surface area (Å²) < 4.78 is 32.5. The molecular weight excluding hydrogens is 378 g/mol. The van der Waals surface area contributed by atoms with Crippen molar-refractivity contribution in [1.82, 2.24) is 9.21 Å². The predicted octanol–water partition coefficient (Wildman–Crippen LogP) is 1.78. The molecule has 3 rings (SSSR count). The zero-order valence-electron chi connectivity index (χ0n) is 15.5. The highest BCUT2D eigenvalue weighted by atomic mass is 32.2. The molecule has 0 saturated carbocycles. The molecule has 1 fully saturated rings. The molecule has 0 atom stereocenters. The fraction of sp³-hybridized carbons (Fsp3) is 0.300. The minimum atomic E-state index is -3.77. The second-order valence-electron chi connectivity index (χ2n) is 6.50. The van der Waals surface area contributed by atoms with Crippen LogP contribution in [0.3, 0.4) is 0 Å². The van der Waals surface area contributed by atoms with Crippen LogP contribution in [-0.4, -0.2) is 56.3 Å². The molecule has 1 saturated heterocycles. The second-order valence-corrected chi connectivity index (χ2v) is 8.40. The van der Waals surface area contributed by atoms with Crippen LogP contribution in [0.4, 0.5) is 0 Å². The van der Waals surface area contributed by atoms with Gasteiger partial charge in [0.1, 0.15) is 11.8 Å². The van der Waals surface area contributed by atoms with Crippen molar-refractivity contribution in [3.63, 3.8) is 0 Å². The molecule has 146 valence electrons. The molecule has 0 bridgehead atoms. The molecule has 0 N–H and O–H groups in total. The summed E-state index contributed by atoms with van der Waals surface area (Å²) in [4.78, 5) is 14.0. The Morgan fingerprint density at radius 2 is 1.82 bits per heavy atom. The first-order valence-electron chi connectivity index (χ1n) is 8.88. The van der Waals surface area contributed by atoms with Gasteiger partial charge in [-0.25, -0.2) is 8.42 Å². The Labute approximate surface area is 164 Å². The first-order valence-corrected chi connectivity index (χ1v) is 10.3. The van der Waals surface area contributed by atoms with E-state index in [0.717, 1.165) is 5.56 Å². The van der Waals surface area contributed by atoms with E-state index in [-0.39, 0.29) is 49.2 Å². The monoisotopic (exact) mass is 399 g/mol. The minimum Gasteiger partial charge on any atom is -0.484 e. The number of nitriles is 1. The van der Waals surface area contributed by atoms with Crippen LogP contribution < -0.4 is 4.74 Å². The number of hydrogen-bond donors (Lipinski definition) is 0. The first-order chi connectivity index (χ1) is 13.4. The van der Waals surface area contributed by atoms with Crippen LogP contribution in [0.1, 0.15) is 11.1 Å². The summed E-state index contributed by atoms with van der Waals surface area (Å²) in [5, 5.41) is 9.17. The number of ether oxygens (including phenoxy) is 1. The van der Waals surface area contributed by atoms with E-state index in [9.17, 15) is 13.2 Å². The van der Waals surface area contributed by atoms with Crippen molar-refractivity contribution in [3.05, 3.63) is 59.7 Å². The summed E-state index contributed by atoms with van der Waals surface area (Å²) in [6.45, 7) is 2.77. The van der Waals surface area contributed by atoms with Gasteiger partial charge in [-0.1, -0.05) is 24.3 Å². The van der Waals surface area contributed by atoms with Gasteiger partial charge in [0.25, 0.3) is 5.91 Å². The zero-order chi connectivity index (χ0) is 20.1.